The van der Waals surface area contributed by atoms with Gasteiger partial charge < -0.3 is 20.4 Å². The van der Waals surface area contributed by atoms with Crippen LogP contribution in [0.3, 0.4) is 0 Å². The van der Waals surface area contributed by atoms with Gasteiger partial charge in [0.25, 0.3) is 0 Å². The Labute approximate surface area is 166 Å². The molecule has 2 fully saturated rings. The molecule has 5 rings (SSSR count). The van der Waals surface area contributed by atoms with Crippen LogP contribution in [0.15, 0.2) is 48.5 Å². The Morgan fingerprint density at radius 3 is 2.32 bits per heavy atom. The van der Waals surface area contributed by atoms with Crippen molar-refractivity contribution in [2.75, 3.05) is 44.2 Å². The predicted molar refractivity (Wildman–Crippen MR) is 111 cm³/mol. The predicted octanol–water partition coefficient (Wildman–Crippen LogP) is 2.25. The zero-order valence-corrected chi connectivity index (χ0v) is 16.2. The highest BCUT2D eigenvalue weighted by atomic mass is 16.3. The highest BCUT2D eigenvalue weighted by molar-refractivity contribution is 5.58. The van der Waals surface area contributed by atoms with Crippen LogP contribution in [-0.2, 0) is 5.41 Å². The number of rotatable bonds is 2. The lowest BCUT2D eigenvalue weighted by Crippen LogP contribution is -2.52. The number of anilines is 1. The molecule has 2 atom stereocenters. The molecule has 2 heterocycles. The van der Waals surface area contributed by atoms with E-state index in [1.54, 1.807) is 6.07 Å². The molecular formula is C23H29N3O2. The third kappa shape index (κ3) is 2.72. The van der Waals surface area contributed by atoms with Crippen molar-refractivity contribution >= 4 is 5.69 Å². The Morgan fingerprint density at radius 1 is 0.893 bits per heavy atom. The first-order valence-electron chi connectivity index (χ1n) is 10.5. The third-order valence-electron chi connectivity index (χ3n) is 7.11. The molecule has 3 N–H and O–H groups in total. The first-order chi connectivity index (χ1) is 13.7. The van der Waals surface area contributed by atoms with Crippen LogP contribution in [0.2, 0.25) is 0 Å². The van der Waals surface area contributed by atoms with E-state index in [2.05, 4.69) is 39.4 Å². The summed E-state index contributed by atoms with van der Waals surface area (Å²) in [5, 5.41) is 25.2. The maximum absolute atomic E-state index is 11.5. The molecule has 5 heteroatoms. The summed E-state index contributed by atoms with van der Waals surface area (Å²) in [6, 6.07) is 16.3. The maximum atomic E-state index is 11.5. The molecule has 2 aromatic rings. The van der Waals surface area contributed by atoms with E-state index in [4.69, 9.17) is 0 Å². The molecule has 148 valence electrons. The first kappa shape index (κ1) is 18.0. The van der Waals surface area contributed by atoms with Crippen LogP contribution < -0.4 is 10.2 Å². The van der Waals surface area contributed by atoms with Crippen molar-refractivity contribution in [2.45, 2.75) is 30.4 Å². The number of piperazine rings is 1. The summed E-state index contributed by atoms with van der Waals surface area (Å²) in [6.07, 6.45) is 1.64. The Hall–Kier alpha value is -2.08. The fourth-order valence-electron chi connectivity index (χ4n) is 5.65. The first-order valence-corrected chi connectivity index (χ1v) is 10.5. The number of aliphatic hydroxyl groups excluding tert-OH is 1. The van der Waals surface area contributed by atoms with E-state index in [9.17, 15) is 10.2 Å². The van der Waals surface area contributed by atoms with Crippen molar-refractivity contribution in [1.82, 2.24) is 10.2 Å². The van der Waals surface area contributed by atoms with E-state index < -0.39 is 0 Å². The zero-order chi connectivity index (χ0) is 19.1. The molecule has 1 spiro atoms. The number of piperidine rings is 1. The molecule has 3 aliphatic rings. The van der Waals surface area contributed by atoms with Crippen LogP contribution in [0.25, 0.3) is 0 Å². The van der Waals surface area contributed by atoms with Gasteiger partial charge in [0.2, 0.25) is 0 Å². The number of aliphatic hydroxyl groups is 1. The molecule has 28 heavy (non-hydrogen) atoms. The Morgan fingerprint density at radius 2 is 1.57 bits per heavy atom. The molecule has 0 radical (unpaired) electrons. The number of hydrogen-bond donors (Lipinski definition) is 3. The number of benzene rings is 2. The summed E-state index contributed by atoms with van der Waals surface area (Å²) in [5.74, 6) is 0.343. The van der Waals surface area contributed by atoms with Crippen molar-refractivity contribution in [3.63, 3.8) is 0 Å². The number of nitrogens with one attached hydrogen (secondary N) is 1. The van der Waals surface area contributed by atoms with E-state index in [1.807, 2.05) is 18.2 Å². The van der Waals surface area contributed by atoms with Crippen molar-refractivity contribution in [3.8, 4) is 5.75 Å². The van der Waals surface area contributed by atoms with E-state index in [0.29, 0.717) is 5.75 Å². The maximum Gasteiger partial charge on any atom is 0.138 e. The van der Waals surface area contributed by atoms with E-state index in [-0.39, 0.29) is 17.6 Å². The smallest absolute Gasteiger partial charge is 0.138 e. The van der Waals surface area contributed by atoms with Gasteiger partial charge in [-0.25, -0.2) is 0 Å². The second-order valence-electron chi connectivity index (χ2n) is 8.39. The van der Waals surface area contributed by atoms with Crippen molar-refractivity contribution < 1.29 is 10.2 Å². The van der Waals surface area contributed by atoms with Gasteiger partial charge in [-0.1, -0.05) is 36.4 Å². The van der Waals surface area contributed by atoms with Crippen molar-refractivity contribution in [1.29, 1.82) is 0 Å². The minimum absolute atomic E-state index is 0.0702. The molecule has 0 amide bonds. The van der Waals surface area contributed by atoms with Gasteiger partial charge in [-0.2, -0.15) is 0 Å². The molecule has 0 aromatic heterocycles. The number of aromatic hydroxyl groups is 1. The average molecular weight is 380 g/mol. The van der Waals surface area contributed by atoms with Gasteiger partial charge in [-0.05, 0) is 49.2 Å². The Bertz CT molecular complexity index is 841. The van der Waals surface area contributed by atoms with E-state index in [1.165, 1.54) is 11.1 Å². The average Bonchev–Trinajstić information content (AvgIpc) is 2.98. The molecule has 2 aliphatic heterocycles. The molecule has 2 aromatic carbocycles. The lowest BCUT2D eigenvalue weighted by molar-refractivity contribution is -0.00361. The summed E-state index contributed by atoms with van der Waals surface area (Å²) >= 11 is 0. The third-order valence-corrected chi connectivity index (χ3v) is 7.11. The topological polar surface area (TPSA) is 59.0 Å². The number of hydrogen-bond acceptors (Lipinski definition) is 5. The highest BCUT2D eigenvalue weighted by Gasteiger charge is 2.53. The van der Waals surface area contributed by atoms with Gasteiger partial charge in [0.1, 0.15) is 5.75 Å². The lowest BCUT2D eigenvalue weighted by Gasteiger charge is -2.43. The second-order valence-corrected chi connectivity index (χ2v) is 8.39. The normalized spacial score (nSPS) is 27.1. The summed E-state index contributed by atoms with van der Waals surface area (Å²) in [5.41, 5.74) is 3.47. The van der Waals surface area contributed by atoms with Crippen LogP contribution in [0.1, 0.15) is 30.0 Å². The van der Waals surface area contributed by atoms with Gasteiger partial charge in [-0.15, -0.1) is 0 Å². The minimum Gasteiger partial charge on any atom is -0.506 e. The zero-order valence-electron chi connectivity index (χ0n) is 16.2. The van der Waals surface area contributed by atoms with Crippen molar-refractivity contribution in [3.05, 3.63) is 59.7 Å². The Kier molecular flexibility index (Phi) is 4.54. The largest absolute Gasteiger partial charge is 0.506 e. The highest BCUT2D eigenvalue weighted by Crippen LogP contribution is 2.52. The van der Waals surface area contributed by atoms with Gasteiger partial charge >= 0.3 is 0 Å². The van der Waals surface area contributed by atoms with Crippen LogP contribution in [-0.4, -0.2) is 60.5 Å². The summed E-state index contributed by atoms with van der Waals surface area (Å²) < 4.78 is 0. The fraction of sp³-hybridized carbons (Fsp3) is 0.478. The molecular weight excluding hydrogens is 350 g/mol. The van der Waals surface area contributed by atoms with Gasteiger partial charge in [-0.3, -0.25) is 4.90 Å². The second kappa shape index (κ2) is 7.07. The number of fused-ring (bicyclic) bond motifs is 2. The van der Waals surface area contributed by atoms with Gasteiger partial charge in [0.15, 0.2) is 0 Å². The van der Waals surface area contributed by atoms with Crippen LogP contribution in [0, 0.1) is 0 Å². The SMILES string of the molecule is Oc1ccccc1N1CCN([C@@H]2c3ccccc3C3(CCNCC3)[C@H]2O)CC1. The molecule has 0 saturated carbocycles. The van der Waals surface area contributed by atoms with Crippen LogP contribution >= 0.6 is 0 Å². The van der Waals surface area contributed by atoms with Crippen LogP contribution in [0.5, 0.6) is 5.75 Å². The Balaban J connectivity index is 1.39. The fourth-order valence-corrected chi connectivity index (χ4v) is 5.65. The quantitative estimate of drug-likeness (QED) is 0.747. The molecule has 0 bridgehead atoms. The minimum atomic E-state index is -0.358. The summed E-state index contributed by atoms with van der Waals surface area (Å²) in [7, 11) is 0. The molecule has 1 aliphatic carbocycles. The number of para-hydroxylation sites is 2. The van der Waals surface area contributed by atoms with Gasteiger partial charge in [0.05, 0.1) is 17.8 Å². The summed E-state index contributed by atoms with van der Waals surface area (Å²) in [6.45, 7) is 5.44. The molecule has 5 nitrogen and oxygen atoms in total. The number of nitrogens with zero attached hydrogens (tertiary/aromatic N) is 2. The van der Waals surface area contributed by atoms with E-state index in [0.717, 1.165) is 57.8 Å². The standard InChI is InChI=1S/C23H29N3O2/c27-20-8-4-3-7-19(20)25-13-15-26(16-14-25)21-17-5-1-2-6-18(17)23(22(21)28)9-11-24-12-10-23/h1-8,21-22,24,27-28H,9-16H2/t21-,22+/m1/s1. The monoisotopic (exact) mass is 379 g/mol. The summed E-state index contributed by atoms with van der Waals surface area (Å²) in [4.78, 5) is 4.70. The molecule has 2 saturated heterocycles. The lowest BCUT2D eigenvalue weighted by atomic mass is 9.72. The van der Waals surface area contributed by atoms with E-state index >= 15 is 0 Å². The molecule has 0 unspecified atom stereocenters. The van der Waals surface area contributed by atoms with Gasteiger partial charge in [0, 0.05) is 31.6 Å². The van der Waals surface area contributed by atoms with Crippen molar-refractivity contribution in [2.24, 2.45) is 0 Å². The number of phenolic OH excluding ortho intramolecular Hbond substituents is 1. The number of phenols is 1. The van der Waals surface area contributed by atoms with Crippen LogP contribution in [0.4, 0.5) is 5.69 Å².